The Bertz CT molecular complexity index is 1110. The Morgan fingerprint density at radius 2 is 1.00 bits per heavy atom. The van der Waals surface area contributed by atoms with Crippen LogP contribution in [0.5, 0.6) is 0 Å². The largest absolute Gasteiger partial charge is 0.459 e. The molecule has 1 rings (SSSR count). The lowest BCUT2D eigenvalue weighted by molar-refractivity contribution is -0.420. The van der Waals surface area contributed by atoms with Crippen molar-refractivity contribution in [1.29, 1.82) is 0 Å². The SMILES string of the molecule is C=C(C)C(=O)OCC(=O)CO.C=C(C)C(=O)OCC(=O)COCC.C=C(C)C(=O)OCC1(O)COC(O)(COC(=O)C(=C)C)OC1.CCCl. The molecule has 0 unspecified atom stereocenters. The molecule has 3 N–H and O–H groups in total. The van der Waals surface area contributed by atoms with Gasteiger partial charge in [0.1, 0.15) is 25.4 Å². The van der Waals surface area contributed by atoms with Gasteiger partial charge in [-0.25, -0.2) is 19.2 Å². The van der Waals surface area contributed by atoms with Crippen molar-refractivity contribution in [2.75, 3.05) is 65.3 Å². The summed E-state index contributed by atoms with van der Waals surface area (Å²) in [6.45, 7) is 20.6. The summed E-state index contributed by atoms with van der Waals surface area (Å²) in [4.78, 5) is 65.2. The van der Waals surface area contributed by atoms with Crippen LogP contribution in [0.2, 0.25) is 0 Å². The lowest BCUT2D eigenvalue weighted by atomic mass is 10.1. The van der Waals surface area contributed by atoms with Gasteiger partial charge in [0.05, 0.1) is 13.2 Å². The summed E-state index contributed by atoms with van der Waals surface area (Å²) in [5.74, 6) is -4.77. The number of alkyl halides is 1. The Labute approximate surface area is 291 Å². The topological polar surface area (TPSA) is 228 Å². The van der Waals surface area contributed by atoms with E-state index < -0.39 is 54.4 Å². The smallest absolute Gasteiger partial charge is 0.333 e. The van der Waals surface area contributed by atoms with Gasteiger partial charge in [-0.15, -0.1) is 11.6 Å². The summed E-state index contributed by atoms with van der Waals surface area (Å²) in [6, 6.07) is 0. The number of aliphatic hydroxyl groups excluding tert-OH is 1. The first-order chi connectivity index (χ1) is 22.6. The van der Waals surface area contributed by atoms with Crippen molar-refractivity contribution >= 4 is 47.0 Å². The molecule has 280 valence electrons. The average molecular weight is 725 g/mol. The lowest BCUT2D eigenvalue weighted by Gasteiger charge is -2.39. The molecule has 1 aliphatic rings. The number of ketones is 2. The number of aliphatic hydroxyl groups is 3. The van der Waals surface area contributed by atoms with E-state index in [0.29, 0.717) is 6.61 Å². The maximum atomic E-state index is 11.3. The molecule has 0 aromatic carbocycles. The van der Waals surface area contributed by atoms with Crippen LogP contribution in [0.15, 0.2) is 48.6 Å². The van der Waals surface area contributed by atoms with E-state index in [9.17, 15) is 39.0 Å². The molecule has 0 bridgehead atoms. The highest BCUT2D eigenvalue weighted by Crippen LogP contribution is 2.23. The van der Waals surface area contributed by atoms with E-state index in [1.165, 1.54) is 27.7 Å². The zero-order valence-electron chi connectivity index (χ0n) is 28.9. The second kappa shape index (κ2) is 27.1. The van der Waals surface area contributed by atoms with E-state index in [-0.39, 0.29) is 67.7 Å². The Kier molecular flexibility index (Phi) is 27.4. The van der Waals surface area contributed by atoms with E-state index in [2.05, 4.69) is 35.8 Å². The first-order valence-electron chi connectivity index (χ1n) is 14.4. The molecule has 0 spiro atoms. The summed E-state index contributed by atoms with van der Waals surface area (Å²) in [5, 5.41) is 28.2. The third-order valence-electron chi connectivity index (χ3n) is 4.76. The highest BCUT2D eigenvalue weighted by atomic mass is 35.5. The monoisotopic (exact) mass is 724 g/mol. The first kappa shape index (κ1) is 49.6. The minimum Gasteiger partial charge on any atom is -0.459 e. The third-order valence-corrected chi connectivity index (χ3v) is 4.76. The molecule has 16 nitrogen and oxygen atoms in total. The fourth-order valence-electron chi connectivity index (χ4n) is 2.19. The van der Waals surface area contributed by atoms with Crippen molar-refractivity contribution in [2.45, 2.75) is 53.1 Å². The van der Waals surface area contributed by atoms with Crippen LogP contribution in [0.25, 0.3) is 0 Å². The maximum absolute atomic E-state index is 11.3. The highest BCUT2D eigenvalue weighted by molar-refractivity contribution is 6.17. The Hall–Kier alpha value is -3.77. The predicted octanol–water partition coefficient (Wildman–Crippen LogP) is 1.27. The van der Waals surface area contributed by atoms with Crippen LogP contribution >= 0.6 is 11.6 Å². The van der Waals surface area contributed by atoms with Gasteiger partial charge < -0.3 is 48.5 Å². The molecule has 0 aliphatic carbocycles. The van der Waals surface area contributed by atoms with Crippen LogP contribution in [0.3, 0.4) is 0 Å². The number of rotatable bonds is 16. The molecule has 0 amide bonds. The van der Waals surface area contributed by atoms with Gasteiger partial charge in [0.25, 0.3) is 0 Å². The van der Waals surface area contributed by atoms with Gasteiger partial charge in [0.15, 0.2) is 31.4 Å². The minimum absolute atomic E-state index is 0.0139. The quantitative estimate of drug-likeness (QED) is 0.0881. The van der Waals surface area contributed by atoms with E-state index in [1.54, 1.807) is 6.92 Å². The van der Waals surface area contributed by atoms with Crippen molar-refractivity contribution in [2.24, 2.45) is 0 Å². The Balaban J connectivity index is -0.000000669. The number of ether oxygens (including phenoxy) is 7. The van der Waals surface area contributed by atoms with Crippen LogP contribution < -0.4 is 0 Å². The van der Waals surface area contributed by atoms with Crippen LogP contribution in [-0.4, -0.2) is 128 Å². The first-order valence-corrected chi connectivity index (χ1v) is 15.0. The second-order valence-corrected chi connectivity index (χ2v) is 10.6. The molecule has 1 saturated heterocycles. The summed E-state index contributed by atoms with van der Waals surface area (Å²) in [7, 11) is 0. The average Bonchev–Trinajstić information content (AvgIpc) is 3.05. The van der Waals surface area contributed by atoms with Crippen molar-refractivity contribution in [3.63, 3.8) is 0 Å². The zero-order chi connectivity index (χ0) is 38.8. The van der Waals surface area contributed by atoms with E-state index in [4.69, 9.17) is 40.4 Å². The number of esters is 4. The summed E-state index contributed by atoms with van der Waals surface area (Å²) in [6.07, 6.45) is 0. The molecule has 0 atom stereocenters. The van der Waals surface area contributed by atoms with Crippen molar-refractivity contribution in [3.05, 3.63) is 48.6 Å². The van der Waals surface area contributed by atoms with Crippen LogP contribution in [-0.2, 0) is 61.9 Å². The van der Waals surface area contributed by atoms with Gasteiger partial charge in [0.2, 0.25) is 0 Å². The van der Waals surface area contributed by atoms with Gasteiger partial charge in [-0.3, -0.25) is 9.59 Å². The van der Waals surface area contributed by atoms with Crippen molar-refractivity contribution in [3.8, 4) is 0 Å². The number of carbonyl (C=O) groups excluding carboxylic acids is 6. The molecule has 49 heavy (non-hydrogen) atoms. The molecule has 0 aromatic rings. The van der Waals surface area contributed by atoms with Gasteiger partial charge in [-0.2, -0.15) is 0 Å². The van der Waals surface area contributed by atoms with Crippen LogP contribution in [0.4, 0.5) is 0 Å². The van der Waals surface area contributed by atoms with Crippen LogP contribution in [0, 0.1) is 0 Å². The fraction of sp³-hybridized carbons (Fsp3) is 0.562. The molecule has 1 heterocycles. The number of Topliss-reactive ketones (excluding diaryl/α,β-unsaturated/α-hetero) is 2. The van der Waals surface area contributed by atoms with Crippen molar-refractivity contribution in [1.82, 2.24) is 0 Å². The number of hydrogen-bond acceptors (Lipinski definition) is 16. The van der Waals surface area contributed by atoms with Crippen molar-refractivity contribution < 1.29 is 77.2 Å². The van der Waals surface area contributed by atoms with E-state index >= 15 is 0 Å². The lowest BCUT2D eigenvalue weighted by Crippen LogP contribution is -2.57. The molecule has 0 saturated carbocycles. The molecule has 1 aliphatic heterocycles. The van der Waals surface area contributed by atoms with Gasteiger partial charge in [-0.05, 0) is 34.6 Å². The molecule has 0 aromatic heterocycles. The molecular weight excluding hydrogens is 676 g/mol. The Morgan fingerprint density at radius 1 is 0.653 bits per heavy atom. The van der Waals surface area contributed by atoms with Gasteiger partial charge in [-0.1, -0.05) is 33.2 Å². The van der Waals surface area contributed by atoms with E-state index in [1.807, 2.05) is 6.92 Å². The summed E-state index contributed by atoms with van der Waals surface area (Å²) >= 11 is 5.00. The van der Waals surface area contributed by atoms with Gasteiger partial charge in [0, 0.05) is 34.8 Å². The molecular formula is C32H49ClO16. The van der Waals surface area contributed by atoms with E-state index in [0.717, 1.165) is 5.88 Å². The van der Waals surface area contributed by atoms with Gasteiger partial charge >= 0.3 is 29.9 Å². The maximum Gasteiger partial charge on any atom is 0.333 e. The zero-order valence-corrected chi connectivity index (χ0v) is 29.7. The number of halogens is 1. The standard InChI is InChI=1S/C14H20O8.C9H14O4.C7H10O4.C2H5Cl/c1-9(2)11(15)19-5-13(17)6-21-14(18,22-7-13)8-20-12(16)10(3)4;1-4-12-5-8(10)6-13-9(11)7(2)3;1-5(2)7(10)11-4-6(9)3-8;1-2-3/h17-18H,1,3,5-8H2,2,4H3;2,4-6H2,1,3H3;8H,1,3-4H2,2H3;2H2,1H3. The Morgan fingerprint density at radius 3 is 1.35 bits per heavy atom. The highest BCUT2D eigenvalue weighted by Gasteiger charge is 2.45. The summed E-state index contributed by atoms with van der Waals surface area (Å²) < 4.78 is 33.3. The van der Waals surface area contributed by atoms with Crippen LogP contribution in [0.1, 0.15) is 41.5 Å². The second-order valence-electron chi connectivity index (χ2n) is 10.1. The summed E-state index contributed by atoms with van der Waals surface area (Å²) in [5.41, 5.74) is -0.762. The number of hydrogen-bond donors (Lipinski definition) is 3. The third kappa shape index (κ3) is 26.8. The predicted molar refractivity (Wildman–Crippen MR) is 175 cm³/mol. The number of carbonyl (C=O) groups is 6. The minimum atomic E-state index is -2.17. The molecule has 0 radical (unpaired) electrons. The fourth-order valence-corrected chi connectivity index (χ4v) is 2.19. The molecule has 1 fully saturated rings. The molecule has 17 heteroatoms. The normalized spacial score (nSPS) is 17.3.